The molecule has 0 aliphatic rings. The Labute approximate surface area is 136 Å². The van der Waals surface area contributed by atoms with Crippen LogP contribution in [-0.4, -0.2) is 12.2 Å². The first kappa shape index (κ1) is 14.0. The van der Waals surface area contributed by atoms with Crippen molar-refractivity contribution in [2.75, 3.05) is 0 Å². The van der Waals surface area contributed by atoms with Gasteiger partial charge in [0.2, 0.25) is 12.2 Å². The summed E-state index contributed by atoms with van der Waals surface area (Å²) in [6, 6.07) is 19.5. The van der Waals surface area contributed by atoms with Crippen LogP contribution in [0.15, 0.2) is 70.6 Å². The predicted molar refractivity (Wildman–Crippen MR) is 94.5 cm³/mol. The largest absolute Gasteiger partial charge is 0.240 e. The van der Waals surface area contributed by atoms with Gasteiger partial charge in [0.1, 0.15) is 0 Å². The number of hydrogen-bond donors (Lipinski definition) is 0. The number of isocyanates is 2. The summed E-state index contributed by atoms with van der Waals surface area (Å²) < 4.78 is 0. The van der Waals surface area contributed by atoms with Gasteiger partial charge in [-0.15, -0.1) is 0 Å². The van der Waals surface area contributed by atoms with Gasteiger partial charge in [-0.2, -0.15) is 9.98 Å². The highest BCUT2D eigenvalue weighted by Gasteiger charge is 2.03. The Hall–Kier alpha value is -3.58. The van der Waals surface area contributed by atoms with Crippen LogP contribution in [-0.2, 0) is 9.59 Å². The second-order valence-corrected chi connectivity index (χ2v) is 5.52. The molecule has 0 spiro atoms. The van der Waals surface area contributed by atoms with Crippen LogP contribution in [0.25, 0.3) is 32.3 Å². The van der Waals surface area contributed by atoms with Crippen LogP contribution in [0.2, 0.25) is 0 Å². The van der Waals surface area contributed by atoms with E-state index < -0.39 is 0 Å². The smallest absolute Gasteiger partial charge is 0.211 e. The molecular weight excluding hydrogens is 300 g/mol. The Morgan fingerprint density at radius 1 is 0.500 bits per heavy atom. The summed E-state index contributed by atoms with van der Waals surface area (Å²) >= 11 is 0. The van der Waals surface area contributed by atoms with E-state index in [1.807, 2.05) is 24.3 Å². The van der Waals surface area contributed by atoms with Gasteiger partial charge in [-0.1, -0.05) is 12.1 Å². The second kappa shape index (κ2) is 5.56. The van der Waals surface area contributed by atoms with Crippen LogP contribution in [0.3, 0.4) is 0 Å². The van der Waals surface area contributed by atoms with Gasteiger partial charge in [-0.05, 0) is 80.8 Å². The fraction of sp³-hybridized carbons (Fsp3) is 0. The molecular formula is C20H10N2O2. The number of benzene rings is 4. The average molecular weight is 310 g/mol. The van der Waals surface area contributed by atoms with Crippen molar-refractivity contribution in [2.45, 2.75) is 0 Å². The highest BCUT2D eigenvalue weighted by molar-refractivity contribution is 6.05. The molecule has 4 heteroatoms. The highest BCUT2D eigenvalue weighted by atomic mass is 16.1. The summed E-state index contributed by atoms with van der Waals surface area (Å²) in [5.74, 6) is 0. The molecule has 0 saturated carbocycles. The summed E-state index contributed by atoms with van der Waals surface area (Å²) in [6.45, 7) is 0. The maximum Gasteiger partial charge on any atom is 0.240 e. The Kier molecular flexibility index (Phi) is 3.25. The Balaban J connectivity index is 2.00. The van der Waals surface area contributed by atoms with Crippen molar-refractivity contribution >= 4 is 55.9 Å². The van der Waals surface area contributed by atoms with E-state index in [4.69, 9.17) is 0 Å². The van der Waals surface area contributed by atoms with E-state index in [1.54, 1.807) is 24.3 Å². The minimum atomic E-state index is 0.584. The van der Waals surface area contributed by atoms with Gasteiger partial charge in [-0.3, -0.25) is 0 Å². The third-order valence-electron chi connectivity index (χ3n) is 4.07. The Bertz CT molecular complexity index is 1120. The van der Waals surface area contributed by atoms with Gasteiger partial charge < -0.3 is 0 Å². The van der Waals surface area contributed by atoms with Crippen LogP contribution in [0.1, 0.15) is 0 Å². The number of nitrogens with zero attached hydrogens (tertiary/aromatic N) is 2. The molecule has 4 aromatic carbocycles. The fourth-order valence-corrected chi connectivity index (χ4v) is 2.97. The topological polar surface area (TPSA) is 58.9 Å². The number of carbonyl (C=O) groups excluding carboxylic acids is 2. The maximum atomic E-state index is 10.4. The zero-order chi connectivity index (χ0) is 16.5. The van der Waals surface area contributed by atoms with E-state index in [9.17, 15) is 9.59 Å². The monoisotopic (exact) mass is 310 g/mol. The molecule has 0 unspecified atom stereocenters. The zero-order valence-corrected chi connectivity index (χ0v) is 12.5. The molecule has 4 rings (SSSR count). The number of fused-ring (bicyclic) bond motifs is 3. The molecule has 0 fully saturated rings. The van der Waals surface area contributed by atoms with Crippen molar-refractivity contribution in [1.82, 2.24) is 0 Å². The normalized spacial score (nSPS) is 10.5. The first-order chi connectivity index (χ1) is 11.8. The van der Waals surface area contributed by atoms with E-state index in [2.05, 4.69) is 34.3 Å². The van der Waals surface area contributed by atoms with E-state index >= 15 is 0 Å². The second-order valence-electron chi connectivity index (χ2n) is 5.52. The molecule has 0 aromatic heterocycles. The Morgan fingerprint density at radius 3 is 1.29 bits per heavy atom. The summed E-state index contributed by atoms with van der Waals surface area (Å²) in [5, 5.41) is 6.34. The lowest BCUT2D eigenvalue weighted by Crippen LogP contribution is -1.79. The minimum Gasteiger partial charge on any atom is -0.211 e. The van der Waals surface area contributed by atoms with Gasteiger partial charge in [0.25, 0.3) is 0 Å². The molecule has 24 heavy (non-hydrogen) atoms. The maximum absolute atomic E-state index is 10.4. The van der Waals surface area contributed by atoms with E-state index in [-0.39, 0.29) is 0 Å². The molecule has 0 bridgehead atoms. The van der Waals surface area contributed by atoms with Crippen LogP contribution in [0.5, 0.6) is 0 Å². The number of aliphatic imine (C=N–C) groups is 2. The lowest BCUT2D eigenvalue weighted by Gasteiger charge is -2.06. The average Bonchev–Trinajstić information content (AvgIpc) is 2.59. The SMILES string of the molecule is O=C=Nc1ccc2cc3cc4ccc(N=C=O)cc4cc3cc2c1. The molecule has 112 valence electrons. The predicted octanol–water partition coefficient (Wildman–Crippen LogP) is 5.08. The molecule has 0 radical (unpaired) electrons. The molecule has 0 aliphatic heterocycles. The van der Waals surface area contributed by atoms with Crippen LogP contribution < -0.4 is 0 Å². The van der Waals surface area contributed by atoms with E-state index in [0.29, 0.717) is 11.4 Å². The standard InChI is InChI=1S/C20H10N2O2/c23-11-21-19-3-1-13-5-15-6-14-2-4-20(22-12-24)10-18(14)8-16(15)7-17(13)9-19/h1-10H. The lowest BCUT2D eigenvalue weighted by atomic mass is 9.99. The van der Waals surface area contributed by atoms with Crippen molar-refractivity contribution in [3.8, 4) is 0 Å². The van der Waals surface area contributed by atoms with Crippen molar-refractivity contribution in [3.63, 3.8) is 0 Å². The number of hydrogen-bond acceptors (Lipinski definition) is 4. The summed E-state index contributed by atoms with van der Waals surface area (Å²) in [6.07, 6.45) is 3.12. The van der Waals surface area contributed by atoms with Gasteiger partial charge in [-0.25, -0.2) is 9.59 Å². The lowest BCUT2D eigenvalue weighted by molar-refractivity contribution is 0.564. The van der Waals surface area contributed by atoms with E-state index in [0.717, 1.165) is 32.3 Å². The molecule has 4 aromatic rings. The van der Waals surface area contributed by atoms with Gasteiger partial charge in [0.05, 0.1) is 11.4 Å². The minimum absolute atomic E-state index is 0.584. The van der Waals surface area contributed by atoms with Crippen LogP contribution in [0.4, 0.5) is 11.4 Å². The molecule has 0 atom stereocenters. The van der Waals surface area contributed by atoms with Crippen molar-refractivity contribution in [3.05, 3.63) is 60.7 Å². The summed E-state index contributed by atoms with van der Waals surface area (Å²) in [5.41, 5.74) is 1.17. The molecule has 4 nitrogen and oxygen atoms in total. The first-order valence-electron chi connectivity index (χ1n) is 7.34. The highest BCUT2D eigenvalue weighted by Crippen LogP contribution is 2.30. The Morgan fingerprint density at radius 2 is 0.875 bits per heavy atom. The van der Waals surface area contributed by atoms with Crippen molar-refractivity contribution < 1.29 is 9.59 Å². The molecule has 0 N–H and O–H groups in total. The van der Waals surface area contributed by atoms with Crippen LogP contribution >= 0.6 is 0 Å². The van der Waals surface area contributed by atoms with Crippen LogP contribution in [0, 0.1) is 0 Å². The van der Waals surface area contributed by atoms with Gasteiger partial charge in [0, 0.05) is 0 Å². The third kappa shape index (κ3) is 2.38. The summed E-state index contributed by atoms with van der Waals surface area (Å²) in [7, 11) is 0. The molecule has 0 aliphatic carbocycles. The zero-order valence-electron chi connectivity index (χ0n) is 12.5. The fourth-order valence-electron chi connectivity index (χ4n) is 2.97. The molecule has 0 heterocycles. The summed E-state index contributed by atoms with van der Waals surface area (Å²) in [4.78, 5) is 28.2. The first-order valence-corrected chi connectivity index (χ1v) is 7.34. The van der Waals surface area contributed by atoms with Crippen molar-refractivity contribution in [1.29, 1.82) is 0 Å². The molecule has 0 amide bonds. The van der Waals surface area contributed by atoms with Gasteiger partial charge in [0.15, 0.2) is 0 Å². The third-order valence-corrected chi connectivity index (χ3v) is 4.07. The van der Waals surface area contributed by atoms with Gasteiger partial charge >= 0.3 is 0 Å². The van der Waals surface area contributed by atoms with Crippen molar-refractivity contribution in [2.24, 2.45) is 9.98 Å². The van der Waals surface area contributed by atoms with E-state index in [1.165, 1.54) is 0 Å². The molecule has 0 saturated heterocycles. The number of rotatable bonds is 2. The quantitative estimate of drug-likeness (QED) is 0.294.